The third-order valence-electron chi connectivity index (χ3n) is 5.03. The van der Waals surface area contributed by atoms with Gasteiger partial charge in [-0.1, -0.05) is 29.3 Å². The Hall–Kier alpha value is -2.87. The van der Waals surface area contributed by atoms with E-state index in [0.29, 0.717) is 22.1 Å². The van der Waals surface area contributed by atoms with E-state index < -0.39 is 17.5 Å². The third-order valence-corrected chi connectivity index (χ3v) is 5.53. The summed E-state index contributed by atoms with van der Waals surface area (Å²) in [7, 11) is 0. The number of benzene rings is 1. The predicted octanol–water partition coefficient (Wildman–Crippen LogP) is 5.93. The summed E-state index contributed by atoms with van der Waals surface area (Å²) in [6.07, 6.45) is 5.96. The summed E-state index contributed by atoms with van der Waals surface area (Å²) in [6.45, 7) is 5.07. The molecule has 9 heteroatoms. The van der Waals surface area contributed by atoms with Gasteiger partial charge >= 0.3 is 0 Å². The highest BCUT2D eigenvalue weighted by molar-refractivity contribution is 6.34. The Morgan fingerprint density at radius 3 is 2.38 bits per heavy atom. The van der Waals surface area contributed by atoms with Gasteiger partial charge in [-0.2, -0.15) is 0 Å². The van der Waals surface area contributed by atoms with Crippen molar-refractivity contribution in [2.24, 2.45) is 0 Å². The molecular formula is C23H20Cl2FN5O. The number of halogens is 3. The molecule has 0 amide bonds. The van der Waals surface area contributed by atoms with E-state index in [-0.39, 0.29) is 5.15 Å². The molecule has 0 bridgehead atoms. The van der Waals surface area contributed by atoms with Gasteiger partial charge in [0.15, 0.2) is 5.82 Å². The van der Waals surface area contributed by atoms with Gasteiger partial charge in [-0.05, 0) is 44.5 Å². The van der Waals surface area contributed by atoms with Crippen molar-refractivity contribution >= 4 is 39.8 Å². The van der Waals surface area contributed by atoms with Crippen molar-refractivity contribution in [3.8, 4) is 11.1 Å². The minimum atomic E-state index is -1.13. The lowest BCUT2D eigenvalue weighted by molar-refractivity contribution is 0.0687. The molecule has 6 nitrogen and oxygen atoms in total. The van der Waals surface area contributed by atoms with Crippen molar-refractivity contribution in [2.75, 3.05) is 5.32 Å². The Balaban J connectivity index is 1.75. The Kier molecular flexibility index (Phi) is 5.99. The van der Waals surface area contributed by atoms with Gasteiger partial charge in [-0.15, -0.1) is 0 Å². The van der Waals surface area contributed by atoms with Gasteiger partial charge in [-0.3, -0.25) is 4.98 Å². The molecule has 0 aliphatic carbocycles. The minimum absolute atomic E-state index is 0.206. The molecule has 0 saturated heterocycles. The molecule has 0 aliphatic rings. The Morgan fingerprint density at radius 2 is 1.69 bits per heavy atom. The first kappa shape index (κ1) is 22.3. The minimum Gasteiger partial charge on any atom is -0.382 e. The van der Waals surface area contributed by atoms with Crippen molar-refractivity contribution in [3.05, 3.63) is 76.4 Å². The van der Waals surface area contributed by atoms with Crippen LogP contribution in [0.25, 0.3) is 22.0 Å². The molecule has 2 N–H and O–H groups in total. The molecule has 4 rings (SSSR count). The molecule has 0 fully saturated rings. The van der Waals surface area contributed by atoms with Crippen molar-refractivity contribution in [1.29, 1.82) is 0 Å². The summed E-state index contributed by atoms with van der Waals surface area (Å²) in [5.41, 5.74) is 2.20. The molecule has 0 spiro atoms. The van der Waals surface area contributed by atoms with Crippen LogP contribution in [0.15, 0.2) is 49.1 Å². The molecule has 32 heavy (non-hydrogen) atoms. The summed E-state index contributed by atoms with van der Waals surface area (Å²) in [5.74, 6) is -0.130. The van der Waals surface area contributed by atoms with E-state index in [9.17, 15) is 9.50 Å². The largest absolute Gasteiger partial charge is 0.382 e. The van der Waals surface area contributed by atoms with Crippen molar-refractivity contribution in [3.63, 3.8) is 0 Å². The molecule has 0 radical (unpaired) electrons. The molecular weight excluding hydrogens is 452 g/mol. The normalized spacial score (nSPS) is 12.7. The highest BCUT2D eigenvalue weighted by Gasteiger charge is 2.20. The fourth-order valence-corrected chi connectivity index (χ4v) is 3.71. The fraction of sp³-hybridized carbons (Fsp3) is 0.217. The first-order valence-corrected chi connectivity index (χ1v) is 10.6. The van der Waals surface area contributed by atoms with E-state index in [1.165, 1.54) is 6.07 Å². The van der Waals surface area contributed by atoms with Crippen LogP contribution in [-0.4, -0.2) is 25.0 Å². The van der Waals surface area contributed by atoms with Crippen molar-refractivity contribution < 1.29 is 9.50 Å². The number of hydrogen-bond acceptors (Lipinski definition) is 6. The molecule has 4 aromatic rings. The van der Waals surface area contributed by atoms with Crippen molar-refractivity contribution in [2.45, 2.75) is 32.4 Å². The fourth-order valence-electron chi connectivity index (χ4n) is 3.34. The highest BCUT2D eigenvalue weighted by atomic mass is 35.5. The zero-order chi connectivity index (χ0) is 23.0. The second kappa shape index (κ2) is 8.58. The monoisotopic (exact) mass is 471 g/mol. The summed E-state index contributed by atoms with van der Waals surface area (Å²) in [5, 5.41) is 14.7. The van der Waals surface area contributed by atoms with Crippen LogP contribution in [0.4, 0.5) is 10.1 Å². The van der Waals surface area contributed by atoms with Crippen LogP contribution in [0.5, 0.6) is 0 Å². The number of fused-ring (bicyclic) bond motifs is 1. The Bertz CT molecular complexity index is 1290. The number of nitrogens with zero attached hydrogens (tertiary/aromatic N) is 4. The van der Waals surface area contributed by atoms with Crippen LogP contribution < -0.4 is 5.32 Å². The molecule has 3 aromatic heterocycles. The molecule has 1 unspecified atom stereocenters. The Morgan fingerprint density at radius 1 is 0.969 bits per heavy atom. The van der Waals surface area contributed by atoms with E-state index in [1.807, 2.05) is 25.1 Å². The van der Waals surface area contributed by atoms with Gasteiger partial charge in [0, 0.05) is 35.1 Å². The third kappa shape index (κ3) is 4.50. The number of hydrogen-bond donors (Lipinski definition) is 2. The lowest BCUT2D eigenvalue weighted by atomic mass is 10.0. The van der Waals surface area contributed by atoms with E-state index in [2.05, 4.69) is 25.3 Å². The maximum Gasteiger partial charge on any atom is 0.159 e. The second-order valence-corrected chi connectivity index (χ2v) is 8.76. The summed E-state index contributed by atoms with van der Waals surface area (Å²) in [6, 6.07) is 6.74. The first-order chi connectivity index (χ1) is 15.1. The maximum atomic E-state index is 14.3. The van der Waals surface area contributed by atoms with Crippen LogP contribution >= 0.6 is 23.2 Å². The average Bonchev–Trinajstić information content (AvgIpc) is 2.76. The number of rotatable bonds is 5. The van der Waals surface area contributed by atoms with Crippen LogP contribution in [-0.2, 0) is 5.60 Å². The molecule has 1 aromatic carbocycles. The number of pyridine rings is 2. The zero-order valence-electron chi connectivity index (χ0n) is 17.6. The standard InChI is InChI=1S/C23H20Cl2FN5O/c1-12(15-7-20(25)28-11-18(15)26)31-21-16-6-13(4-5-19(16)27-10-17(21)24)14-8-29-22(30-9-14)23(2,3)32/h4-12,32H,1-3H3,(H,27,31). The average molecular weight is 472 g/mol. The summed E-state index contributed by atoms with van der Waals surface area (Å²) in [4.78, 5) is 16.7. The number of aromatic nitrogens is 4. The van der Waals surface area contributed by atoms with Gasteiger partial charge < -0.3 is 10.4 Å². The lowest BCUT2D eigenvalue weighted by Gasteiger charge is -2.19. The van der Waals surface area contributed by atoms with E-state index in [4.69, 9.17) is 23.2 Å². The van der Waals surface area contributed by atoms with Gasteiger partial charge in [-0.25, -0.2) is 19.3 Å². The number of anilines is 1. The molecule has 1 atom stereocenters. The van der Waals surface area contributed by atoms with Gasteiger partial charge in [0.2, 0.25) is 0 Å². The number of aliphatic hydroxyl groups is 1. The SMILES string of the molecule is CC(Nc1c(Cl)cnc2ccc(-c3cnc(C(C)(C)O)nc3)cc12)c1cc(Cl)ncc1F. The molecule has 164 valence electrons. The second-order valence-electron chi connectivity index (χ2n) is 7.96. The van der Waals surface area contributed by atoms with E-state index >= 15 is 0 Å². The zero-order valence-corrected chi connectivity index (χ0v) is 19.1. The maximum absolute atomic E-state index is 14.3. The summed E-state index contributed by atoms with van der Waals surface area (Å²) >= 11 is 12.4. The van der Waals surface area contributed by atoms with Crippen LogP contribution in [0.1, 0.15) is 38.2 Å². The lowest BCUT2D eigenvalue weighted by Crippen LogP contribution is -2.19. The molecule has 3 heterocycles. The first-order valence-electron chi connectivity index (χ1n) is 9.84. The topological polar surface area (TPSA) is 83.8 Å². The van der Waals surface area contributed by atoms with E-state index in [1.54, 1.807) is 32.4 Å². The quantitative estimate of drug-likeness (QED) is 0.350. The predicted molar refractivity (Wildman–Crippen MR) is 124 cm³/mol. The van der Waals surface area contributed by atoms with Gasteiger partial charge in [0.05, 0.1) is 28.5 Å². The number of nitrogens with one attached hydrogen (secondary N) is 1. The van der Waals surface area contributed by atoms with Crippen LogP contribution in [0, 0.1) is 5.82 Å². The molecule has 0 aliphatic heterocycles. The van der Waals surface area contributed by atoms with E-state index in [0.717, 1.165) is 28.2 Å². The van der Waals surface area contributed by atoms with Crippen LogP contribution in [0.2, 0.25) is 10.2 Å². The Labute approximate surface area is 194 Å². The van der Waals surface area contributed by atoms with Crippen LogP contribution in [0.3, 0.4) is 0 Å². The van der Waals surface area contributed by atoms with Gasteiger partial charge in [0.1, 0.15) is 16.6 Å². The van der Waals surface area contributed by atoms with Gasteiger partial charge in [0.25, 0.3) is 0 Å². The smallest absolute Gasteiger partial charge is 0.159 e. The molecule has 0 saturated carbocycles. The summed E-state index contributed by atoms with van der Waals surface area (Å²) < 4.78 is 14.3. The van der Waals surface area contributed by atoms with Crippen molar-refractivity contribution in [1.82, 2.24) is 19.9 Å². The highest BCUT2D eigenvalue weighted by Crippen LogP contribution is 2.35.